The maximum absolute atomic E-state index is 12.0. The fourth-order valence-corrected chi connectivity index (χ4v) is 6.83. The molecule has 0 bridgehead atoms. The van der Waals surface area contributed by atoms with E-state index in [4.69, 9.17) is 5.10 Å². The van der Waals surface area contributed by atoms with Crippen molar-refractivity contribution in [3.8, 4) is 22.4 Å². The van der Waals surface area contributed by atoms with E-state index in [0.717, 1.165) is 71.6 Å². The maximum Gasteiger partial charge on any atom is 0.245 e. The number of fused-ring (bicyclic) bond motifs is 1. The second kappa shape index (κ2) is 8.40. The molecule has 1 spiro atoms. The van der Waals surface area contributed by atoms with Crippen molar-refractivity contribution in [1.82, 2.24) is 24.9 Å². The summed E-state index contributed by atoms with van der Waals surface area (Å²) < 4.78 is 2.22. The van der Waals surface area contributed by atoms with Gasteiger partial charge in [0.1, 0.15) is 5.69 Å². The van der Waals surface area contributed by atoms with Gasteiger partial charge in [0.05, 0.1) is 17.8 Å². The van der Waals surface area contributed by atoms with E-state index in [9.17, 15) is 9.59 Å². The third-order valence-corrected chi connectivity index (χ3v) is 9.19. The predicted octanol–water partition coefficient (Wildman–Crippen LogP) is 5.10. The zero-order valence-corrected chi connectivity index (χ0v) is 22.6. The van der Waals surface area contributed by atoms with Crippen molar-refractivity contribution in [2.75, 3.05) is 24.5 Å². The van der Waals surface area contributed by atoms with Gasteiger partial charge in [0.15, 0.2) is 0 Å². The molecule has 1 saturated carbocycles. The molecule has 8 nitrogen and oxygen atoms in total. The summed E-state index contributed by atoms with van der Waals surface area (Å²) in [5.41, 5.74) is 9.99. The summed E-state index contributed by atoms with van der Waals surface area (Å²) in [6, 6.07) is 10.7. The van der Waals surface area contributed by atoms with Gasteiger partial charge < -0.3 is 9.80 Å². The van der Waals surface area contributed by atoms with Gasteiger partial charge in [-0.2, -0.15) is 10.2 Å². The molecule has 4 aromatic rings. The van der Waals surface area contributed by atoms with Gasteiger partial charge in [0.25, 0.3) is 0 Å². The van der Waals surface area contributed by atoms with Crippen LogP contribution < -0.4 is 4.90 Å². The Bertz CT molecular complexity index is 1660. The number of carbonyl (C=O) groups excluding carboxylic acids is 2. The minimum absolute atomic E-state index is 0.0198. The summed E-state index contributed by atoms with van der Waals surface area (Å²) in [5.74, 6) is 0.191. The third-order valence-electron chi connectivity index (χ3n) is 9.19. The fraction of sp³-hybridized carbons (Fsp3) is 0.355. The number of β-lactam (4-membered cyclic amide) rings is 1. The summed E-state index contributed by atoms with van der Waals surface area (Å²) in [7, 11) is 0. The largest absolute Gasteiger partial charge is 0.338 e. The van der Waals surface area contributed by atoms with Crippen LogP contribution in [0.4, 0.5) is 5.69 Å². The van der Waals surface area contributed by atoms with Crippen molar-refractivity contribution >= 4 is 28.4 Å². The molecule has 2 aliphatic heterocycles. The molecule has 2 amide bonds. The van der Waals surface area contributed by atoms with E-state index in [1.807, 2.05) is 28.1 Å². The number of hydrogen-bond acceptors (Lipinski definition) is 4. The van der Waals surface area contributed by atoms with Crippen LogP contribution in [0.1, 0.15) is 42.1 Å². The standard InChI is InChI=1S/C31H32N6O2/c1-5-26(38)35-16-31(17-35)13-23(14-31)37-20(4)29(28-19(3)18(2)12-25-24(28)15-32-33-25)30(34-37)21-6-8-22(9-7-21)36-11-10-27(36)39/h5-9,12,15,23H,1,10-11,13-14,16-17H2,2-4H3,(H,32,33). The molecule has 1 aliphatic carbocycles. The minimum Gasteiger partial charge on any atom is -0.338 e. The summed E-state index contributed by atoms with van der Waals surface area (Å²) in [6.07, 6.45) is 5.96. The summed E-state index contributed by atoms with van der Waals surface area (Å²) in [5, 5.41) is 13.9. The number of benzene rings is 2. The molecule has 2 aromatic heterocycles. The normalized spacial score (nSPS) is 18.3. The molecular weight excluding hydrogens is 488 g/mol. The molecule has 8 heteroatoms. The van der Waals surface area contributed by atoms with Gasteiger partial charge in [0, 0.05) is 59.4 Å². The molecule has 0 atom stereocenters. The lowest BCUT2D eigenvalue weighted by atomic mass is 9.60. The number of amides is 2. The average molecular weight is 521 g/mol. The molecular formula is C31H32N6O2. The molecule has 4 heterocycles. The van der Waals surface area contributed by atoms with Crippen molar-refractivity contribution in [2.45, 2.75) is 46.1 Å². The number of anilines is 1. The van der Waals surface area contributed by atoms with E-state index in [1.165, 1.54) is 22.8 Å². The van der Waals surface area contributed by atoms with E-state index in [0.29, 0.717) is 12.5 Å². The smallest absolute Gasteiger partial charge is 0.245 e. The lowest BCUT2D eigenvalue weighted by Crippen LogP contribution is -2.63. The minimum atomic E-state index is 0.0198. The van der Waals surface area contributed by atoms with Crippen LogP contribution in [0, 0.1) is 26.2 Å². The van der Waals surface area contributed by atoms with Gasteiger partial charge in [-0.15, -0.1) is 0 Å². The zero-order valence-electron chi connectivity index (χ0n) is 22.6. The number of nitrogens with one attached hydrogen (secondary N) is 1. The number of aryl methyl sites for hydroxylation is 1. The number of hydrogen-bond donors (Lipinski definition) is 1. The Labute approximate surface area is 227 Å². The van der Waals surface area contributed by atoms with Crippen molar-refractivity contribution in [3.05, 3.63) is 66.0 Å². The first-order chi connectivity index (χ1) is 18.8. The highest BCUT2D eigenvalue weighted by Crippen LogP contribution is 2.55. The van der Waals surface area contributed by atoms with Crippen molar-refractivity contribution in [1.29, 1.82) is 0 Å². The predicted molar refractivity (Wildman–Crippen MR) is 151 cm³/mol. The Balaban J connectivity index is 1.31. The zero-order chi connectivity index (χ0) is 27.1. The van der Waals surface area contributed by atoms with E-state index in [-0.39, 0.29) is 17.2 Å². The first-order valence-corrected chi connectivity index (χ1v) is 13.6. The monoisotopic (exact) mass is 520 g/mol. The molecule has 2 aromatic carbocycles. The Morgan fingerprint density at radius 3 is 2.51 bits per heavy atom. The van der Waals surface area contributed by atoms with E-state index in [2.05, 4.69) is 60.4 Å². The lowest BCUT2D eigenvalue weighted by Gasteiger charge is -2.58. The average Bonchev–Trinajstić information content (AvgIpc) is 3.47. The molecule has 3 fully saturated rings. The highest BCUT2D eigenvalue weighted by atomic mass is 16.2. The van der Waals surface area contributed by atoms with Gasteiger partial charge >= 0.3 is 0 Å². The van der Waals surface area contributed by atoms with Crippen molar-refractivity contribution in [3.63, 3.8) is 0 Å². The van der Waals surface area contributed by atoms with Crippen LogP contribution in [0.3, 0.4) is 0 Å². The number of carbonyl (C=O) groups is 2. The van der Waals surface area contributed by atoms with Crippen molar-refractivity contribution < 1.29 is 9.59 Å². The number of aromatic amines is 1. The second-order valence-corrected chi connectivity index (χ2v) is 11.6. The number of H-pyrrole nitrogens is 1. The third kappa shape index (κ3) is 3.50. The maximum atomic E-state index is 12.0. The fourth-order valence-electron chi connectivity index (χ4n) is 6.83. The highest BCUT2D eigenvalue weighted by Gasteiger charge is 2.54. The molecule has 2 saturated heterocycles. The van der Waals surface area contributed by atoms with E-state index in [1.54, 1.807) is 0 Å². The number of nitrogens with zero attached hydrogens (tertiary/aromatic N) is 5. The van der Waals surface area contributed by atoms with Gasteiger partial charge in [-0.05, 0) is 74.6 Å². The Hall–Kier alpha value is -4.20. The van der Waals surface area contributed by atoms with E-state index < -0.39 is 0 Å². The van der Waals surface area contributed by atoms with Crippen LogP contribution in [-0.2, 0) is 9.59 Å². The molecule has 0 unspecified atom stereocenters. The molecule has 7 rings (SSSR count). The van der Waals surface area contributed by atoms with Gasteiger partial charge in [0.2, 0.25) is 11.8 Å². The second-order valence-electron chi connectivity index (χ2n) is 11.6. The Kier molecular flexibility index (Phi) is 5.14. The number of aromatic nitrogens is 4. The van der Waals surface area contributed by atoms with Crippen LogP contribution in [-0.4, -0.2) is 56.3 Å². The molecule has 39 heavy (non-hydrogen) atoms. The van der Waals surface area contributed by atoms with E-state index >= 15 is 0 Å². The summed E-state index contributed by atoms with van der Waals surface area (Å²) in [6.45, 7) is 12.5. The van der Waals surface area contributed by atoms with Gasteiger partial charge in [-0.3, -0.25) is 19.4 Å². The van der Waals surface area contributed by atoms with Crippen LogP contribution >= 0.6 is 0 Å². The quantitative estimate of drug-likeness (QED) is 0.293. The molecule has 1 N–H and O–H groups in total. The topological polar surface area (TPSA) is 87.1 Å². The van der Waals surface area contributed by atoms with Crippen LogP contribution in [0.15, 0.2) is 49.2 Å². The van der Waals surface area contributed by atoms with Crippen LogP contribution in [0.5, 0.6) is 0 Å². The Morgan fingerprint density at radius 1 is 1.13 bits per heavy atom. The summed E-state index contributed by atoms with van der Waals surface area (Å²) >= 11 is 0. The SMILES string of the molecule is C=CC(=O)N1CC2(CC(n3nc(-c4ccc(N5CCC5=O)cc4)c(-c4c(C)c(C)cc5[nH]ncc45)c3C)C2)C1. The summed E-state index contributed by atoms with van der Waals surface area (Å²) in [4.78, 5) is 27.7. The number of likely N-dealkylation sites (tertiary alicyclic amines) is 1. The highest BCUT2D eigenvalue weighted by molar-refractivity contribution is 6.02. The van der Waals surface area contributed by atoms with Gasteiger partial charge in [-0.25, -0.2) is 0 Å². The van der Waals surface area contributed by atoms with Crippen molar-refractivity contribution in [2.24, 2.45) is 5.41 Å². The van der Waals surface area contributed by atoms with Crippen LogP contribution in [0.2, 0.25) is 0 Å². The van der Waals surface area contributed by atoms with Gasteiger partial charge in [-0.1, -0.05) is 18.7 Å². The number of rotatable bonds is 5. The van der Waals surface area contributed by atoms with Crippen LogP contribution in [0.25, 0.3) is 33.3 Å². The first kappa shape index (κ1) is 23.9. The molecule has 198 valence electrons. The Morgan fingerprint density at radius 2 is 1.87 bits per heavy atom. The molecule has 0 radical (unpaired) electrons. The first-order valence-electron chi connectivity index (χ1n) is 13.6. The lowest BCUT2D eigenvalue weighted by molar-refractivity contribution is -0.149. The molecule has 3 aliphatic rings.